The molecule has 0 aliphatic heterocycles. The Balaban J connectivity index is 1.40. The van der Waals surface area contributed by atoms with Crippen LogP contribution in [-0.2, 0) is 13.1 Å². The summed E-state index contributed by atoms with van der Waals surface area (Å²) in [6.07, 6.45) is 3.63. The van der Waals surface area contributed by atoms with Gasteiger partial charge in [-0.3, -0.25) is 0 Å². The van der Waals surface area contributed by atoms with E-state index in [-0.39, 0.29) is 5.69 Å². The van der Waals surface area contributed by atoms with Crippen LogP contribution < -0.4 is 15.7 Å². The molecule has 2 aromatic carbocycles. The Bertz CT molecular complexity index is 1120. The van der Waals surface area contributed by atoms with Crippen LogP contribution in [0, 0.1) is 0 Å². The zero-order valence-corrected chi connectivity index (χ0v) is 14.8. The van der Waals surface area contributed by atoms with Gasteiger partial charge in [-0.2, -0.15) is 0 Å². The average Bonchev–Trinajstić information content (AvgIpc) is 3.08. The molecule has 0 aliphatic rings. The normalized spacial score (nSPS) is 11.0. The van der Waals surface area contributed by atoms with Crippen LogP contribution in [0.3, 0.4) is 0 Å². The fourth-order valence-electron chi connectivity index (χ4n) is 2.96. The van der Waals surface area contributed by atoms with Crippen LogP contribution >= 0.6 is 0 Å². The van der Waals surface area contributed by atoms with Crippen LogP contribution in [0.25, 0.3) is 22.4 Å². The summed E-state index contributed by atoms with van der Waals surface area (Å²) >= 11 is 0. The number of rotatable bonds is 6. The quantitative estimate of drug-likeness (QED) is 0.491. The maximum Gasteiger partial charge on any atom is 0.323 e. The van der Waals surface area contributed by atoms with Crippen LogP contribution in [0.5, 0.6) is 5.75 Å². The lowest BCUT2D eigenvalue weighted by Gasteiger charge is -2.08. The van der Waals surface area contributed by atoms with Gasteiger partial charge < -0.3 is 20.0 Å². The number of fused-ring (bicyclic) bond motifs is 1. The zero-order valence-electron chi connectivity index (χ0n) is 14.8. The van der Waals surface area contributed by atoms with E-state index in [9.17, 15) is 4.79 Å². The van der Waals surface area contributed by atoms with Gasteiger partial charge in [-0.05, 0) is 29.8 Å². The first-order chi connectivity index (χ1) is 13.2. The summed E-state index contributed by atoms with van der Waals surface area (Å²) in [5.74, 6) is 1.39. The third-order valence-electron chi connectivity index (χ3n) is 4.29. The number of nitrogens with one attached hydrogen (secondary N) is 3. The Hall–Kier alpha value is -3.45. The second kappa shape index (κ2) is 7.43. The first-order valence-corrected chi connectivity index (χ1v) is 8.59. The van der Waals surface area contributed by atoms with E-state index >= 15 is 0 Å². The van der Waals surface area contributed by atoms with Crippen LogP contribution in [0.15, 0.2) is 59.7 Å². The SMILES string of the molecule is COc1ccccc1-c1ncc(CNCc2ccc3[nH]c(=O)[nH]c3c2)cn1. The molecule has 7 heteroatoms. The Morgan fingerprint density at radius 3 is 2.52 bits per heavy atom. The minimum Gasteiger partial charge on any atom is -0.496 e. The van der Waals surface area contributed by atoms with E-state index in [4.69, 9.17) is 4.74 Å². The first kappa shape index (κ1) is 17.0. The number of aromatic amines is 2. The summed E-state index contributed by atoms with van der Waals surface area (Å²) in [7, 11) is 1.64. The minimum atomic E-state index is -0.192. The number of hydrogen-bond acceptors (Lipinski definition) is 5. The number of imidazole rings is 1. The Kier molecular flexibility index (Phi) is 4.67. The van der Waals surface area contributed by atoms with E-state index in [1.165, 1.54) is 0 Å². The average molecular weight is 361 g/mol. The standard InChI is InChI=1S/C20H19N5O2/c1-27-18-5-3-2-4-15(18)19-22-11-14(12-23-19)10-21-9-13-6-7-16-17(8-13)25-20(26)24-16/h2-8,11-12,21H,9-10H2,1H3,(H2,24,25,26). The summed E-state index contributed by atoms with van der Waals surface area (Å²) in [5.41, 5.74) is 4.37. The number of benzene rings is 2. The van der Waals surface area contributed by atoms with Crippen molar-refractivity contribution >= 4 is 11.0 Å². The maximum atomic E-state index is 11.3. The Morgan fingerprint density at radius 1 is 0.963 bits per heavy atom. The van der Waals surface area contributed by atoms with Gasteiger partial charge in [0.25, 0.3) is 0 Å². The molecule has 0 radical (unpaired) electrons. The van der Waals surface area contributed by atoms with Gasteiger partial charge in [-0.1, -0.05) is 18.2 Å². The number of para-hydroxylation sites is 1. The summed E-state index contributed by atoms with van der Waals surface area (Å²) in [4.78, 5) is 25.7. The van der Waals surface area contributed by atoms with Crippen molar-refractivity contribution in [3.8, 4) is 17.1 Å². The van der Waals surface area contributed by atoms with Crippen molar-refractivity contribution in [3.63, 3.8) is 0 Å². The molecular formula is C20H19N5O2. The number of methoxy groups -OCH3 is 1. The van der Waals surface area contributed by atoms with Crippen molar-refractivity contribution in [2.45, 2.75) is 13.1 Å². The molecule has 4 rings (SSSR count). The molecule has 7 nitrogen and oxygen atoms in total. The molecule has 0 saturated heterocycles. The van der Waals surface area contributed by atoms with E-state index in [1.807, 2.05) is 54.9 Å². The van der Waals surface area contributed by atoms with Crippen molar-refractivity contribution in [3.05, 3.63) is 76.5 Å². The van der Waals surface area contributed by atoms with Gasteiger partial charge in [-0.15, -0.1) is 0 Å². The second-order valence-corrected chi connectivity index (χ2v) is 6.18. The lowest BCUT2D eigenvalue weighted by Crippen LogP contribution is -2.13. The highest BCUT2D eigenvalue weighted by Gasteiger charge is 2.07. The minimum absolute atomic E-state index is 0.192. The van der Waals surface area contributed by atoms with Crippen molar-refractivity contribution in [1.82, 2.24) is 25.3 Å². The molecule has 3 N–H and O–H groups in total. The fourth-order valence-corrected chi connectivity index (χ4v) is 2.96. The number of aromatic nitrogens is 4. The van der Waals surface area contributed by atoms with Gasteiger partial charge in [0.05, 0.1) is 23.7 Å². The highest BCUT2D eigenvalue weighted by atomic mass is 16.5. The number of nitrogens with zero attached hydrogens (tertiary/aromatic N) is 2. The van der Waals surface area contributed by atoms with Gasteiger partial charge in [0.1, 0.15) is 5.75 Å². The molecule has 2 heterocycles. The lowest BCUT2D eigenvalue weighted by molar-refractivity contribution is 0.416. The summed E-state index contributed by atoms with van der Waals surface area (Å²) in [6, 6.07) is 13.5. The summed E-state index contributed by atoms with van der Waals surface area (Å²) in [6.45, 7) is 1.32. The Labute approximate surface area is 155 Å². The Morgan fingerprint density at radius 2 is 1.70 bits per heavy atom. The van der Waals surface area contributed by atoms with Gasteiger partial charge in [0, 0.05) is 31.0 Å². The fraction of sp³-hybridized carbons (Fsp3) is 0.150. The molecule has 0 saturated carbocycles. The van der Waals surface area contributed by atoms with E-state index in [2.05, 4.69) is 25.3 Å². The van der Waals surface area contributed by atoms with Crippen LogP contribution in [0.4, 0.5) is 0 Å². The van der Waals surface area contributed by atoms with Crippen molar-refractivity contribution in [1.29, 1.82) is 0 Å². The molecular weight excluding hydrogens is 342 g/mol. The van der Waals surface area contributed by atoms with Gasteiger partial charge in [0.15, 0.2) is 5.82 Å². The molecule has 0 amide bonds. The van der Waals surface area contributed by atoms with E-state index in [1.54, 1.807) is 7.11 Å². The molecule has 2 aromatic heterocycles. The molecule has 0 bridgehead atoms. The molecule has 0 spiro atoms. The zero-order chi connectivity index (χ0) is 18.6. The first-order valence-electron chi connectivity index (χ1n) is 8.59. The van der Waals surface area contributed by atoms with Gasteiger partial charge in [-0.25, -0.2) is 14.8 Å². The monoisotopic (exact) mass is 361 g/mol. The highest BCUT2D eigenvalue weighted by molar-refractivity contribution is 5.75. The van der Waals surface area contributed by atoms with Gasteiger partial charge in [0.2, 0.25) is 0 Å². The van der Waals surface area contributed by atoms with E-state index in [0.29, 0.717) is 18.9 Å². The van der Waals surface area contributed by atoms with E-state index in [0.717, 1.165) is 33.5 Å². The largest absolute Gasteiger partial charge is 0.496 e. The lowest BCUT2D eigenvalue weighted by atomic mass is 10.2. The number of hydrogen-bond donors (Lipinski definition) is 3. The van der Waals surface area contributed by atoms with Crippen LogP contribution in [0.1, 0.15) is 11.1 Å². The predicted octanol–water partition coefficient (Wildman–Crippen LogP) is 2.61. The van der Waals surface area contributed by atoms with Crippen LogP contribution in [0.2, 0.25) is 0 Å². The molecule has 4 aromatic rings. The summed E-state index contributed by atoms with van der Waals surface area (Å²) in [5, 5.41) is 3.36. The second-order valence-electron chi connectivity index (χ2n) is 6.18. The van der Waals surface area contributed by atoms with E-state index < -0.39 is 0 Å². The maximum absolute atomic E-state index is 11.3. The molecule has 136 valence electrons. The molecule has 0 fully saturated rings. The van der Waals surface area contributed by atoms with Crippen molar-refractivity contribution in [2.75, 3.05) is 7.11 Å². The molecule has 0 aliphatic carbocycles. The number of H-pyrrole nitrogens is 2. The third kappa shape index (κ3) is 3.73. The number of ether oxygens (including phenoxy) is 1. The van der Waals surface area contributed by atoms with Crippen LogP contribution in [-0.4, -0.2) is 27.0 Å². The molecule has 0 unspecified atom stereocenters. The summed E-state index contributed by atoms with van der Waals surface area (Å²) < 4.78 is 5.36. The predicted molar refractivity (Wildman–Crippen MR) is 103 cm³/mol. The van der Waals surface area contributed by atoms with Crippen molar-refractivity contribution < 1.29 is 4.74 Å². The highest BCUT2D eigenvalue weighted by Crippen LogP contribution is 2.26. The molecule has 27 heavy (non-hydrogen) atoms. The van der Waals surface area contributed by atoms with Gasteiger partial charge >= 0.3 is 5.69 Å². The topological polar surface area (TPSA) is 95.7 Å². The smallest absolute Gasteiger partial charge is 0.323 e. The molecule has 0 atom stereocenters. The third-order valence-corrected chi connectivity index (χ3v) is 4.29. The van der Waals surface area contributed by atoms with Crippen molar-refractivity contribution in [2.24, 2.45) is 0 Å².